The number of amides is 1. The average molecular weight is 413 g/mol. The van der Waals surface area contributed by atoms with Crippen LogP contribution >= 0.6 is 0 Å². The summed E-state index contributed by atoms with van der Waals surface area (Å²) < 4.78 is 12.0. The highest BCUT2D eigenvalue weighted by Gasteiger charge is 2.52. The summed E-state index contributed by atoms with van der Waals surface area (Å²) in [4.78, 5) is 26.5. The van der Waals surface area contributed by atoms with Crippen molar-refractivity contribution >= 4 is 11.9 Å². The number of hydrogen-bond donors (Lipinski definition) is 0. The molecule has 2 heterocycles. The van der Waals surface area contributed by atoms with Gasteiger partial charge in [-0.2, -0.15) is 0 Å². The Morgan fingerprint density at radius 3 is 2.13 bits per heavy atom. The van der Waals surface area contributed by atoms with Crippen molar-refractivity contribution in [2.24, 2.45) is 0 Å². The molecule has 2 aliphatic heterocycles. The maximum atomic E-state index is 13.0. The summed E-state index contributed by atoms with van der Waals surface area (Å²) in [7, 11) is 0. The van der Waals surface area contributed by atoms with E-state index in [0.717, 1.165) is 22.3 Å². The molecule has 0 saturated carbocycles. The summed E-state index contributed by atoms with van der Waals surface area (Å²) >= 11 is 0. The molecule has 5 nitrogen and oxygen atoms in total. The fraction of sp³-hybridized carbons (Fsp3) is 0.231. The van der Waals surface area contributed by atoms with E-state index in [1.54, 1.807) is 11.8 Å². The Balaban J connectivity index is 1.34. The molecule has 1 fully saturated rings. The fourth-order valence-electron chi connectivity index (χ4n) is 4.36. The van der Waals surface area contributed by atoms with Gasteiger partial charge in [-0.25, -0.2) is 4.79 Å². The highest BCUT2D eigenvalue weighted by Crippen LogP contribution is 2.44. The molecule has 0 aromatic heterocycles. The number of ether oxygens (including phenoxy) is 2. The van der Waals surface area contributed by atoms with E-state index in [2.05, 4.69) is 0 Å². The van der Waals surface area contributed by atoms with Gasteiger partial charge in [-0.05, 0) is 35.2 Å². The Morgan fingerprint density at radius 1 is 0.935 bits per heavy atom. The second kappa shape index (κ2) is 7.67. The molecule has 2 aliphatic rings. The van der Waals surface area contributed by atoms with Crippen molar-refractivity contribution < 1.29 is 19.1 Å². The van der Waals surface area contributed by atoms with Gasteiger partial charge in [-0.1, -0.05) is 72.8 Å². The van der Waals surface area contributed by atoms with Gasteiger partial charge in [0.25, 0.3) is 0 Å². The topological polar surface area (TPSA) is 55.8 Å². The number of hydrogen-bond acceptors (Lipinski definition) is 4. The smallest absolute Gasteiger partial charge is 0.410 e. The van der Waals surface area contributed by atoms with Crippen molar-refractivity contribution in [2.75, 3.05) is 13.1 Å². The van der Waals surface area contributed by atoms with Crippen LogP contribution in [0.2, 0.25) is 0 Å². The van der Waals surface area contributed by atoms with Crippen molar-refractivity contribution in [3.63, 3.8) is 0 Å². The lowest BCUT2D eigenvalue weighted by Crippen LogP contribution is -2.61. The average Bonchev–Trinajstić information content (AvgIpc) is 3.16. The van der Waals surface area contributed by atoms with E-state index in [9.17, 15) is 9.59 Å². The van der Waals surface area contributed by atoms with Gasteiger partial charge < -0.3 is 14.4 Å². The second-order valence-corrected chi connectivity index (χ2v) is 8.15. The summed E-state index contributed by atoms with van der Waals surface area (Å²) in [6.07, 6.45) is -0.851. The first kappa shape index (κ1) is 19.5. The van der Waals surface area contributed by atoms with E-state index in [-0.39, 0.29) is 11.9 Å². The van der Waals surface area contributed by atoms with Crippen LogP contribution in [0, 0.1) is 0 Å². The van der Waals surface area contributed by atoms with Crippen LogP contribution in [-0.4, -0.2) is 29.9 Å². The molecule has 1 spiro atoms. The largest absolute Gasteiger partial charge is 0.436 e. The normalized spacial score (nSPS) is 16.1. The second-order valence-electron chi connectivity index (χ2n) is 8.15. The molecule has 0 aliphatic carbocycles. The van der Waals surface area contributed by atoms with Crippen LogP contribution in [0.25, 0.3) is 0 Å². The van der Waals surface area contributed by atoms with Crippen LogP contribution in [0.5, 0.6) is 0 Å². The third-order valence-corrected chi connectivity index (χ3v) is 6.09. The molecule has 156 valence electrons. The van der Waals surface area contributed by atoms with E-state index in [0.29, 0.717) is 25.3 Å². The molecule has 0 bridgehead atoms. The van der Waals surface area contributed by atoms with Crippen LogP contribution in [0.15, 0.2) is 78.9 Å². The van der Waals surface area contributed by atoms with Crippen molar-refractivity contribution in [1.29, 1.82) is 0 Å². The molecule has 5 heteroatoms. The van der Waals surface area contributed by atoms with Gasteiger partial charge in [0.15, 0.2) is 11.9 Å². The third-order valence-electron chi connectivity index (χ3n) is 6.09. The number of likely N-dealkylation sites (tertiary alicyclic amines) is 1. The maximum Gasteiger partial charge on any atom is 0.410 e. The van der Waals surface area contributed by atoms with Crippen LogP contribution in [0.4, 0.5) is 4.79 Å². The summed E-state index contributed by atoms with van der Waals surface area (Å²) in [5.41, 5.74) is 4.04. The SMILES string of the molecule is CC(=O)c1ccc2c(c1)C1(CN(C(=O)OC(c3ccccc3)c3ccccc3)C1)OC2. The van der Waals surface area contributed by atoms with Crippen molar-refractivity contribution in [2.45, 2.75) is 25.2 Å². The van der Waals surface area contributed by atoms with Gasteiger partial charge in [-0.3, -0.25) is 4.79 Å². The zero-order valence-electron chi connectivity index (χ0n) is 17.3. The molecule has 0 atom stereocenters. The molecule has 1 saturated heterocycles. The Hall–Kier alpha value is -3.44. The minimum absolute atomic E-state index is 0.0222. The molecule has 0 unspecified atom stereocenters. The van der Waals surface area contributed by atoms with Gasteiger partial charge in [0, 0.05) is 5.56 Å². The Morgan fingerprint density at radius 2 is 1.55 bits per heavy atom. The number of carbonyl (C=O) groups is 2. The molecule has 0 N–H and O–H groups in total. The van der Waals surface area contributed by atoms with E-state index >= 15 is 0 Å². The van der Waals surface area contributed by atoms with Gasteiger partial charge in [-0.15, -0.1) is 0 Å². The van der Waals surface area contributed by atoms with E-state index in [1.165, 1.54) is 0 Å². The molecule has 3 aromatic rings. The Labute approximate surface area is 181 Å². The van der Waals surface area contributed by atoms with E-state index in [1.807, 2.05) is 78.9 Å². The maximum absolute atomic E-state index is 13.0. The number of nitrogens with zero attached hydrogens (tertiary/aromatic N) is 1. The quantitative estimate of drug-likeness (QED) is 0.574. The predicted octanol–water partition coefficient (Wildman–Crippen LogP) is 4.86. The number of fused-ring (bicyclic) bond motifs is 2. The number of carbonyl (C=O) groups excluding carboxylic acids is 2. The third kappa shape index (κ3) is 3.51. The van der Waals surface area contributed by atoms with Crippen molar-refractivity contribution in [3.8, 4) is 0 Å². The first-order valence-electron chi connectivity index (χ1n) is 10.4. The van der Waals surface area contributed by atoms with Crippen LogP contribution < -0.4 is 0 Å². The minimum atomic E-state index is -0.547. The molecule has 1 amide bonds. The first-order valence-corrected chi connectivity index (χ1v) is 10.4. The lowest BCUT2D eigenvalue weighted by molar-refractivity contribution is -0.133. The van der Waals surface area contributed by atoms with Crippen LogP contribution in [-0.2, 0) is 21.7 Å². The molecule has 5 rings (SSSR count). The number of Topliss-reactive ketones (excluding diaryl/α,β-unsaturated/α-hetero) is 1. The summed E-state index contributed by atoms with van der Waals surface area (Å²) in [6.45, 7) is 2.88. The summed E-state index contributed by atoms with van der Waals surface area (Å²) in [5.74, 6) is 0.0222. The van der Waals surface area contributed by atoms with Gasteiger partial charge in [0.05, 0.1) is 19.7 Å². The van der Waals surface area contributed by atoms with Crippen molar-refractivity contribution in [3.05, 3.63) is 107 Å². The van der Waals surface area contributed by atoms with Gasteiger partial charge >= 0.3 is 6.09 Å². The highest BCUT2D eigenvalue weighted by atomic mass is 16.6. The zero-order chi connectivity index (χ0) is 21.4. The zero-order valence-corrected chi connectivity index (χ0v) is 17.3. The van der Waals surface area contributed by atoms with E-state index < -0.39 is 11.7 Å². The molecular formula is C26H23NO4. The van der Waals surface area contributed by atoms with Gasteiger partial charge in [0.1, 0.15) is 5.60 Å². The monoisotopic (exact) mass is 413 g/mol. The number of rotatable bonds is 4. The lowest BCUT2D eigenvalue weighted by atomic mass is 9.84. The van der Waals surface area contributed by atoms with Crippen LogP contribution in [0.1, 0.15) is 45.6 Å². The number of benzene rings is 3. The highest BCUT2D eigenvalue weighted by molar-refractivity contribution is 5.94. The predicted molar refractivity (Wildman–Crippen MR) is 116 cm³/mol. The molecule has 31 heavy (non-hydrogen) atoms. The number of ketones is 1. The molecule has 0 radical (unpaired) electrons. The standard InChI is InChI=1S/C26H23NO4/c1-18(28)21-12-13-22-15-30-26(23(22)14-21)16-27(17-26)25(29)31-24(19-8-4-2-5-9-19)20-10-6-3-7-11-20/h2-14,24H,15-17H2,1H3. The lowest BCUT2D eigenvalue weighted by Gasteiger charge is -2.47. The molecular weight excluding hydrogens is 390 g/mol. The van der Waals surface area contributed by atoms with Gasteiger partial charge in [0.2, 0.25) is 0 Å². The minimum Gasteiger partial charge on any atom is -0.436 e. The fourth-order valence-corrected chi connectivity index (χ4v) is 4.36. The van der Waals surface area contributed by atoms with Crippen LogP contribution in [0.3, 0.4) is 0 Å². The van der Waals surface area contributed by atoms with E-state index in [4.69, 9.17) is 9.47 Å². The summed E-state index contributed by atoms with van der Waals surface area (Å²) in [6, 6.07) is 25.2. The molecule has 3 aromatic carbocycles. The Kier molecular flexibility index (Phi) is 4.83. The van der Waals surface area contributed by atoms with Crippen molar-refractivity contribution in [1.82, 2.24) is 4.90 Å². The summed E-state index contributed by atoms with van der Waals surface area (Å²) in [5, 5.41) is 0. The first-order chi connectivity index (χ1) is 15.1. The Bertz CT molecular complexity index is 1080.